The maximum atomic E-state index is 5.15. The van der Waals surface area contributed by atoms with Crippen molar-refractivity contribution in [1.82, 2.24) is 9.97 Å². The lowest BCUT2D eigenvalue weighted by molar-refractivity contribution is 0.398. The normalized spacial score (nSPS) is 13.5. The van der Waals surface area contributed by atoms with Crippen molar-refractivity contribution in [2.45, 2.75) is 109 Å². The highest BCUT2D eigenvalue weighted by Gasteiger charge is 2.43. The number of aromatic nitrogens is 2. The van der Waals surface area contributed by atoms with Gasteiger partial charge >= 0.3 is 0 Å². The molecule has 4 aromatic rings. The predicted octanol–water partition coefficient (Wildman–Crippen LogP) is 11.1. The van der Waals surface area contributed by atoms with Crippen molar-refractivity contribution in [2.75, 3.05) is 0 Å². The molecule has 0 amide bonds. The lowest BCUT2D eigenvalue weighted by Gasteiger charge is -2.34. The van der Waals surface area contributed by atoms with Crippen molar-refractivity contribution in [2.24, 2.45) is 0 Å². The summed E-state index contributed by atoms with van der Waals surface area (Å²) in [5.74, 6) is 0. The fourth-order valence-corrected chi connectivity index (χ4v) is 6.92. The van der Waals surface area contributed by atoms with Gasteiger partial charge in [0, 0.05) is 11.0 Å². The van der Waals surface area contributed by atoms with Gasteiger partial charge in [0.1, 0.15) is 0 Å². The standard InChI is InChI=1S/C37H46N2/c1-3-5-7-9-11-17-26-37(27-18-12-10-8-6-4-2)32-23-14-13-20-29(32)30-21-19-22-31(36(30)37)35-28-38-33-24-15-16-25-34(33)39-35/h13-16,19-25,28H,3-12,17-18,26-27H2,1-2H3. The van der Waals surface area contributed by atoms with E-state index in [-0.39, 0.29) is 5.41 Å². The quantitative estimate of drug-likeness (QED) is 0.146. The highest BCUT2D eigenvalue weighted by Crippen LogP contribution is 2.56. The molecule has 2 heteroatoms. The van der Waals surface area contributed by atoms with Crippen LogP contribution in [0.15, 0.2) is 72.9 Å². The van der Waals surface area contributed by atoms with Gasteiger partial charge in [-0.2, -0.15) is 0 Å². The van der Waals surface area contributed by atoms with Crippen LogP contribution in [0.5, 0.6) is 0 Å². The van der Waals surface area contributed by atoms with E-state index in [1.54, 1.807) is 5.56 Å². The summed E-state index contributed by atoms with van der Waals surface area (Å²) in [5.41, 5.74) is 10.2. The molecule has 0 atom stereocenters. The first-order chi connectivity index (χ1) is 19.3. The third kappa shape index (κ3) is 5.96. The lowest BCUT2D eigenvalue weighted by atomic mass is 9.69. The maximum absolute atomic E-state index is 5.15. The Labute approximate surface area is 236 Å². The molecule has 2 nitrogen and oxygen atoms in total. The Bertz CT molecular complexity index is 1340. The second kappa shape index (κ2) is 13.4. The van der Waals surface area contributed by atoms with Crippen LogP contribution in [0.2, 0.25) is 0 Å². The second-order valence-corrected chi connectivity index (χ2v) is 11.6. The molecule has 0 fully saturated rings. The summed E-state index contributed by atoms with van der Waals surface area (Å²) in [5, 5.41) is 0. The first-order valence-electron chi connectivity index (χ1n) is 15.7. The molecule has 0 radical (unpaired) electrons. The monoisotopic (exact) mass is 518 g/mol. The van der Waals surface area contributed by atoms with E-state index in [4.69, 9.17) is 9.97 Å². The molecule has 1 heterocycles. The van der Waals surface area contributed by atoms with Crippen LogP contribution < -0.4 is 0 Å². The Hall–Kier alpha value is -3.00. The highest BCUT2D eigenvalue weighted by molar-refractivity contribution is 5.88. The molecule has 1 aliphatic rings. The van der Waals surface area contributed by atoms with Crippen LogP contribution in [0.1, 0.15) is 115 Å². The first-order valence-corrected chi connectivity index (χ1v) is 15.7. The van der Waals surface area contributed by atoms with Crippen LogP contribution in [-0.2, 0) is 5.41 Å². The zero-order valence-electron chi connectivity index (χ0n) is 24.2. The van der Waals surface area contributed by atoms with Crippen molar-refractivity contribution >= 4 is 11.0 Å². The van der Waals surface area contributed by atoms with Crippen molar-refractivity contribution in [3.05, 3.63) is 84.1 Å². The average Bonchev–Trinajstić information content (AvgIpc) is 3.26. The number of nitrogens with zero attached hydrogens (tertiary/aromatic N) is 2. The van der Waals surface area contributed by atoms with Gasteiger partial charge in [0.2, 0.25) is 0 Å². The number of hydrogen-bond acceptors (Lipinski definition) is 2. The Balaban J connectivity index is 1.55. The fourth-order valence-electron chi connectivity index (χ4n) is 6.92. The van der Waals surface area contributed by atoms with Crippen molar-refractivity contribution < 1.29 is 0 Å². The smallest absolute Gasteiger partial charge is 0.0896 e. The molecule has 1 aromatic heterocycles. The Morgan fingerprint density at radius 2 is 1.10 bits per heavy atom. The summed E-state index contributed by atoms with van der Waals surface area (Å²) < 4.78 is 0. The van der Waals surface area contributed by atoms with Gasteiger partial charge in [-0.3, -0.25) is 4.98 Å². The molecule has 0 aliphatic heterocycles. The zero-order chi connectivity index (χ0) is 26.9. The minimum atomic E-state index is 0.0470. The summed E-state index contributed by atoms with van der Waals surface area (Å²) in [6.07, 6.45) is 20.4. The Morgan fingerprint density at radius 3 is 1.82 bits per heavy atom. The van der Waals surface area contributed by atoms with Gasteiger partial charge in [-0.15, -0.1) is 0 Å². The SMILES string of the molecule is CCCCCCCCC1(CCCCCCCC)c2ccccc2-c2cccc(-c3cnc4ccccc4n3)c21. The molecule has 0 spiro atoms. The molecule has 0 unspecified atom stereocenters. The Kier molecular flexibility index (Phi) is 9.45. The number of fused-ring (bicyclic) bond motifs is 4. The molecule has 3 aromatic carbocycles. The van der Waals surface area contributed by atoms with E-state index in [0.29, 0.717) is 0 Å². The maximum Gasteiger partial charge on any atom is 0.0896 e. The van der Waals surface area contributed by atoms with Gasteiger partial charge in [-0.1, -0.05) is 145 Å². The van der Waals surface area contributed by atoms with E-state index in [1.807, 2.05) is 12.3 Å². The van der Waals surface area contributed by atoms with Crippen LogP contribution in [-0.4, -0.2) is 9.97 Å². The van der Waals surface area contributed by atoms with E-state index in [2.05, 4.69) is 74.5 Å². The largest absolute Gasteiger partial charge is 0.252 e. The molecule has 5 rings (SSSR count). The summed E-state index contributed by atoms with van der Waals surface area (Å²) in [4.78, 5) is 9.97. The zero-order valence-corrected chi connectivity index (χ0v) is 24.2. The topological polar surface area (TPSA) is 25.8 Å². The lowest BCUT2D eigenvalue weighted by Crippen LogP contribution is -2.26. The molecule has 0 bridgehead atoms. The van der Waals surface area contributed by atoms with Gasteiger partial charge in [-0.05, 0) is 47.2 Å². The van der Waals surface area contributed by atoms with Gasteiger partial charge in [-0.25, -0.2) is 4.98 Å². The molecular weight excluding hydrogens is 472 g/mol. The summed E-state index contributed by atoms with van der Waals surface area (Å²) in [6.45, 7) is 4.61. The van der Waals surface area contributed by atoms with Crippen LogP contribution >= 0.6 is 0 Å². The molecule has 1 aliphatic carbocycles. The van der Waals surface area contributed by atoms with Crippen molar-refractivity contribution in [3.8, 4) is 22.4 Å². The molecular formula is C37H46N2. The van der Waals surface area contributed by atoms with Crippen LogP contribution in [0.3, 0.4) is 0 Å². The number of unbranched alkanes of at least 4 members (excludes halogenated alkanes) is 10. The number of hydrogen-bond donors (Lipinski definition) is 0. The minimum Gasteiger partial charge on any atom is -0.252 e. The van der Waals surface area contributed by atoms with Crippen molar-refractivity contribution in [3.63, 3.8) is 0 Å². The van der Waals surface area contributed by atoms with Crippen LogP contribution in [0.4, 0.5) is 0 Å². The molecule has 0 saturated carbocycles. The molecule has 204 valence electrons. The van der Waals surface area contributed by atoms with Crippen LogP contribution in [0, 0.1) is 0 Å². The van der Waals surface area contributed by atoms with Crippen molar-refractivity contribution in [1.29, 1.82) is 0 Å². The summed E-state index contributed by atoms with van der Waals surface area (Å²) in [7, 11) is 0. The minimum absolute atomic E-state index is 0.0470. The summed E-state index contributed by atoms with van der Waals surface area (Å²) in [6, 6.07) is 24.4. The Morgan fingerprint density at radius 1 is 0.538 bits per heavy atom. The average molecular weight is 519 g/mol. The van der Waals surface area contributed by atoms with E-state index in [1.165, 1.54) is 112 Å². The molecule has 39 heavy (non-hydrogen) atoms. The number of para-hydroxylation sites is 2. The van der Waals surface area contributed by atoms with E-state index in [9.17, 15) is 0 Å². The summed E-state index contributed by atoms with van der Waals surface area (Å²) >= 11 is 0. The first kappa shape index (κ1) is 27.6. The van der Waals surface area contributed by atoms with Gasteiger partial charge in [0.05, 0.1) is 22.9 Å². The van der Waals surface area contributed by atoms with E-state index < -0.39 is 0 Å². The van der Waals surface area contributed by atoms with Gasteiger partial charge < -0.3 is 0 Å². The van der Waals surface area contributed by atoms with Crippen LogP contribution in [0.25, 0.3) is 33.4 Å². The van der Waals surface area contributed by atoms with E-state index >= 15 is 0 Å². The fraction of sp³-hybridized carbons (Fsp3) is 0.459. The van der Waals surface area contributed by atoms with Gasteiger partial charge in [0.15, 0.2) is 0 Å². The highest BCUT2D eigenvalue weighted by atomic mass is 14.8. The molecule has 0 saturated heterocycles. The third-order valence-corrected chi connectivity index (χ3v) is 8.91. The third-order valence-electron chi connectivity index (χ3n) is 8.91. The number of benzene rings is 3. The predicted molar refractivity (Wildman–Crippen MR) is 167 cm³/mol. The van der Waals surface area contributed by atoms with Gasteiger partial charge in [0.25, 0.3) is 0 Å². The number of rotatable bonds is 15. The molecule has 0 N–H and O–H groups in total. The second-order valence-electron chi connectivity index (χ2n) is 11.6. The van der Waals surface area contributed by atoms with E-state index in [0.717, 1.165) is 16.7 Å².